The van der Waals surface area contributed by atoms with Crippen LogP contribution in [0.3, 0.4) is 0 Å². The average molecular weight is 534 g/mol. The van der Waals surface area contributed by atoms with Crippen LogP contribution < -0.4 is 4.90 Å². The third-order valence-electron chi connectivity index (χ3n) is 7.29. The molecule has 1 fully saturated rings. The maximum atomic E-state index is 13.5. The van der Waals surface area contributed by atoms with Gasteiger partial charge >= 0.3 is 5.97 Å². The number of hydrogen-bond acceptors (Lipinski definition) is 5. The lowest BCUT2D eigenvalue weighted by Crippen LogP contribution is -2.55. The molecule has 7 heteroatoms. The van der Waals surface area contributed by atoms with Crippen molar-refractivity contribution in [2.24, 2.45) is 5.92 Å². The van der Waals surface area contributed by atoms with Gasteiger partial charge in [0.25, 0.3) is 0 Å². The molecule has 0 aromatic heterocycles. The minimum absolute atomic E-state index is 0.00754. The molecule has 206 valence electrons. The van der Waals surface area contributed by atoms with E-state index in [0.717, 1.165) is 35.2 Å². The number of anilines is 1. The highest BCUT2D eigenvalue weighted by Gasteiger charge is 2.48. The van der Waals surface area contributed by atoms with Gasteiger partial charge in [-0.05, 0) is 85.0 Å². The van der Waals surface area contributed by atoms with Crippen molar-refractivity contribution in [1.82, 2.24) is 0 Å². The molecule has 1 amide bonds. The molecule has 39 heavy (non-hydrogen) atoms. The van der Waals surface area contributed by atoms with Gasteiger partial charge in [0.1, 0.15) is 11.9 Å². The largest absolute Gasteiger partial charge is 0.458 e. The first-order valence-electron chi connectivity index (χ1n) is 13.6. The van der Waals surface area contributed by atoms with Crippen molar-refractivity contribution < 1.29 is 28.9 Å². The molecular weight excluding hydrogens is 497 g/mol. The minimum atomic E-state index is -0.572. The van der Waals surface area contributed by atoms with Crippen molar-refractivity contribution in [3.8, 4) is 0 Å². The van der Waals surface area contributed by atoms with Crippen LogP contribution in [0.5, 0.6) is 0 Å². The van der Waals surface area contributed by atoms with E-state index < -0.39 is 12.1 Å². The quantitative estimate of drug-likeness (QED) is 0.225. The third-order valence-corrected chi connectivity index (χ3v) is 7.29. The van der Waals surface area contributed by atoms with Crippen molar-refractivity contribution in [1.29, 1.82) is 0 Å². The van der Waals surface area contributed by atoms with Crippen molar-refractivity contribution in [2.75, 3.05) is 18.1 Å². The molecule has 2 unspecified atom stereocenters. The Morgan fingerprint density at radius 3 is 2.00 bits per heavy atom. The van der Waals surface area contributed by atoms with E-state index in [-0.39, 0.29) is 36.9 Å². The fraction of sp³-hybridized carbons (Fsp3) is 0.375. The molecule has 2 N–H and O–H groups in total. The van der Waals surface area contributed by atoms with Crippen molar-refractivity contribution in [2.45, 2.75) is 57.6 Å². The molecular formula is C32H36FNO5. The summed E-state index contributed by atoms with van der Waals surface area (Å²) in [5, 5.41) is 18.3. The number of hydrogen-bond donors (Lipinski definition) is 2. The number of nitrogens with zero attached hydrogens (tertiary/aromatic N) is 1. The van der Waals surface area contributed by atoms with Gasteiger partial charge < -0.3 is 19.8 Å². The van der Waals surface area contributed by atoms with E-state index in [1.54, 1.807) is 12.1 Å². The summed E-state index contributed by atoms with van der Waals surface area (Å²) in [5.74, 6) is -1.09. The fourth-order valence-corrected chi connectivity index (χ4v) is 5.27. The summed E-state index contributed by atoms with van der Waals surface area (Å²) in [7, 11) is 0. The summed E-state index contributed by atoms with van der Waals surface area (Å²) in [6.07, 6.45) is 3.29. The van der Waals surface area contributed by atoms with Crippen LogP contribution in [0.2, 0.25) is 0 Å². The highest BCUT2D eigenvalue weighted by molar-refractivity contribution is 6.03. The molecule has 3 aromatic carbocycles. The normalized spacial score (nSPS) is 17.5. The van der Waals surface area contributed by atoms with Gasteiger partial charge in [0.2, 0.25) is 5.91 Å². The summed E-state index contributed by atoms with van der Waals surface area (Å²) >= 11 is 0. The SMILES string of the molecule is CC(=O)O[C@@H](CCC1C(=O)N(c2ccc(CCCO)cc2)C1c1ccc(CCCO)cc1)c1ccc(F)cc1. The van der Waals surface area contributed by atoms with Gasteiger partial charge in [-0.2, -0.15) is 0 Å². The Morgan fingerprint density at radius 2 is 1.46 bits per heavy atom. The topological polar surface area (TPSA) is 87.1 Å². The molecule has 1 aliphatic rings. The van der Waals surface area contributed by atoms with Gasteiger partial charge in [-0.25, -0.2) is 4.39 Å². The molecule has 0 aliphatic carbocycles. The van der Waals surface area contributed by atoms with Crippen LogP contribution in [0.25, 0.3) is 0 Å². The predicted molar refractivity (Wildman–Crippen MR) is 148 cm³/mol. The zero-order valence-electron chi connectivity index (χ0n) is 22.3. The van der Waals surface area contributed by atoms with Crippen molar-refractivity contribution in [3.63, 3.8) is 0 Å². The lowest BCUT2D eigenvalue weighted by molar-refractivity contribution is -0.147. The molecule has 3 atom stereocenters. The Bertz CT molecular complexity index is 1230. The second-order valence-electron chi connectivity index (χ2n) is 10.0. The Labute approximate surface area is 229 Å². The zero-order valence-corrected chi connectivity index (χ0v) is 22.3. The lowest BCUT2D eigenvalue weighted by Gasteiger charge is -2.48. The molecule has 1 saturated heterocycles. The van der Waals surface area contributed by atoms with Gasteiger partial charge in [-0.15, -0.1) is 0 Å². The second kappa shape index (κ2) is 13.5. The minimum Gasteiger partial charge on any atom is -0.458 e. The summed E-state index contributed by atoms with van der Waals surface area (Å²) in [4.78, 5) is 27.2. The van der Waals surface area contributed by atoms with Crippen molar-refractivity contribution >= 4 is 17.6 Å². The zero-order chi connectivity index (χ0) is 27.8. The Morgan fingerprint density at radius 1 is 0.897 bits per heavy atom. The molecule has 3 aromatic rings. The van der Waals surface area contributed by atoms with E-state index in [4.69, 9.17) is 14.9 Å². The molecule has 0 spiro atoms. The summed E-state index contributed by atoms with van der Waals surface area (Å²) < 4.78 is 19.0. The molecule has 1 heterocycles. The van der Waals surface area contributed by atoms with Crippen LogP contribution in [0.1, 0.15) is 67.0 Å². The van der Waals surface area contributed by atoms with Crippen LogP contribution in [-0.2, 0) is 27.2 Å². The number of ether oxygens (including phenoxy) is 1. The van der Waals surface area contributed by atoms with Crippen LogP contribution in [0, 0.1) is 11.7 Å². The number of esters is 1. The van der Waals surface area contributed by atoms with E-state index in [1.165, 1.54) is 19.1 Å². The Kier molecular flexibility index (Phi) is 9.85. The van der Waals surface area contributed by atoms with Crippen LogP contribution >= 0.6 is 0 Å². The average Bonchev–Trinajstić information content (AvgIpc) is 2.94. The van der Waals surface area contributed by atoms with E-state index in [0.29, 0.717) is 31.2 Å². The summed E-state index contributed by atoms with van der Waals surface area (Å²) in [6, 6.07) is 21.8. The summed E-state index contributed by atoms with van der Waals surface area (Å²) in [5.41, 5.74) is 4.75. The van der Waals surface area contributed by atoms with Crippen LogP contribution in [0.4, 0.5) is 10.1 Å². The lowest BCUT2D eigenvalue weighted by atomic mass is 9.78. The first-order chi connectivity index (χ1) is 18.9. The molecule has 0 radical (unpaired) electrons. The van der Waals surface area contributed by atoms with Gasteiger partial charge in [0.05, 0.1) is 12.0 Å². The van der Waals surface area contributed by atoms with Crippen molar-refractivity contribution in [3.05, 3.63) is 101 Å². The number of rotatable bonds is 13. The maximum Gasteiger partial charge on any atom is 0.303 e. The number of halogens is 1. The fourth-order valence-electron chi connectivity index (χ4n) is 5.27. The number of benzene rings is 3. The van der Waals surface area contributed by atoms with Gasteiger partial charge in [0.15, 0.2) is 0 Å². The maximum absolute atomic E-state index is 13.5. The first kappa shape index (κ1) is 28.5. The number of aryl methyl sites for hydroxylation is 2. The number of aliphatic hydroxyl groups excluding tert-OH is 2. The number of amides is 1. The summed E-state index contributed by atoms with van der Waals surface area (Å²) in [6.45, 7) is 1.62. The second-order valence-corrected chi connectivity index (χ2v) is 10.0. The molecule has 6 nitrogen and oxygen atoms in total. The number of β-lactam (4-membered cyclic amide) rings is 1. The van der Waals surface area contributed by atoms with Gasteiger partial charge in [-0.1, -0.05) is 48.5 Å². The Hall–Kier alpha value is -3.55. The van der Waals surface area contributed by atoms with Crippen LogP contribution in [0.15, 0.2) is 72.8 Å². The smallest absolute Gasteiger partial charge is 0.303 e. The van der Waals surface area contributed by atoms with Crippen LogP contribution in [-0.4, -0.2) is 35.3 Å². The Balaban J connectivity index is 1.56. The standard InChI is InChI=1S/C32H36FNO5/c1-22(37)39-30(25-12-14-27(33)15-13-25)19-18-29-31(26-10-6-23(7-11-26)4-2-20-35)34(32(29)38)28-16-8-24(9-17-28)5-3-21-36/h6-17,29-31,35-36H,2-5,18-21H2,1H3/t29?,30-,31?/m0/s1. The van der Waals surface area contributed by atoms with E-state index >= 15 is 0 Å². The van der Waals surface area contributed by atoms with E-state index in [2.05, 4.69) is 0 Å². The molecule has 1 aliphatic heterocycles. The highest BCUT2D eigenvalue weighted by atomic mass is 19.1. The number of carbonyl (C=O) groups excluding carboxylic acids is 2. The molecule has 0 bridgehead atoms. The number of carbonyl (C=O) groups is 2. The molecule has 4 rings (SSSR count). The monoisotopic (exact) mass is 533 g/mol. The number of aliphatic hydroxyl groups is 2. The first-order valence-corrected chi connectivity index (χ1v) is 13.6. The van der Waals surface area contributed by atoms with Gasteiger partial charge in [0, 0.05) is 25.8 Å². The predicted octanol–water partition coefficient (Wildman–Crippen LogP) is 5.46. The van der Waals surface area contributed by atoms with E-state index in [1.807, 2.05) is 53.4 Å². The third kappa shape index (κ3) is 7.11. The molecule has 0 saturated carbocycles. The van der Waals surface area contributed by atoms with Gasteiger partial charge in [-0.3, -0.25) is 9.59 Å². The highest BCUT2D eigenvalue weighted by Crippen LogP contribution is 2.46. The van der Waals surface area contributed by atoms with E-state index in [9.17, 15) is 14.0 Å².